The molecule has 0 fully saturated rings. The number of phenols is 1. The summed E-state index contributed by atoms with van der Waals surface area (Å²) in [6, 6.07) is 2.28. The fourth-order valence-electron chi connectivity index (χ4n) is 1.02. The van der Waals surface area contributed by atoms with Crippen LogP contribution < -0.4 is 4.74 Å². The molecule has 6 heteroatoms. The summed E-state index contributed by atoms with van der Waals surface area (Å²) in [6.45, 7) is 0. The summed E-state index contributed by atoms with van der Waals surface area (Å²) in [6.07, 6.45) is -0.868. The highest BCUT2D eigenvalue weighted by Gasteiger charge is 2.16. The molecule has 1 aromatic rings. The molecular formula is C9H7ClFNO3. The van der Waals surface area contributed by atoms with Gasteiger partial charge in [0.25, 0.3) is 0 Å². The summed E-state index contributed by atoms with van der Waals surface area (Å²) < 4.78 is 17.9. The number of methoxy groups -OCH3 is 1. The first-order chi connectivity index (χ1) is 7.10. The van der Waals surface area contributed by atoms with Crippen molar-refractivity contribution >= 4 is 17.7 Å². The van der Waals surface area contributed by atoms with E-state index in [-0.39, 0.29) is 22.1 Å². The maximum Gasteiger partial charge on any atom is 0.238 e. The standard InChI is InChI=1S/C9H7ClFNO3/c1-15-8-3-6(10)5(2-7(8)14)9(11)12-4-13/h2-3,9,14H,1H3. The summed E-state index contributed by atoms with van der Waals surface area (Å²) >= 11 is 5.69. The average Bonchev–Trinajstić information content (AvgIpc) is 2.21. The molecule has 1 rings (SSSR count). The number of hydrogen-bond donors (Lipinski definition) is 1. The van der Waals surface area contributed by atoms with Crippen LogP contribution in [0.4, 0.5) is 4.39 Å². The van der Waals surface area contributed by atoms with E-state index in [1.165, 1.54) is 13.2 Å². The van der Waals surface area contributed by atoms with Crippen LogP contribution in [-0.4, -0.2) is 18.3 Å². The van der Waals surface area contributed by atoms with Gasteiger partial charge in [-0.3, -0.25) is 0 Å². The monoisotopic (exact) mass is 231 g/mol. The van der Waals surface area contributed by atoms with Crippen molar-refractivity contribution in [3.05, 3.63) is 22.7 Å². The molecule has 0 radical (unpaired) electrons. The Morgan fingerprint density at radius 3 is 2.87 bits per heavy atom. The first-order valence-electron chi connectivity index (χ1n) is 3.87. The topological polar surface area (TPSA) is 58.9 Å². The third-order valence-corrected chi connectivity index (χ3v) is 2.05. The predicted molar refractivity (Wildman–Crippen MR) is 51.6 cm³/mol. The number of benzene rings is 1. The Hall–Kier alpha value is -1.58. The van der Waals surface area contributed by atoms with Gasteiger partial charge >= 0.3 is 0 Å². The second kappa shape index (κ2) is 4.77. The van der Waals surface area contributed by atoms with Gasteiger partial charge in [-0.2, -0.15) is 4.99 Å². The van der Waals surface area contributed by atoms with E-state index in [1.54, 1.807) is 0 Å². The number of aromatic hydroxyl groups is 1. The van der Waals surface area contributed by atoms with Crippen molar-refractivity contribution in [2.45, 2.75) is 6.30 Å². The SMILES string of the molecule is COc1cc(Cl)c(C(F)N=C=O)cc1O. The number of halogens is 2. The number of aliphatic imine (C=N–C) groups is 1. The zero-order chi connectivity index (χ0) is 11.4. The molecule has 4 nitrogen and oxygen atoms in total. The first kappa shape index (κ1) is 11.5. The number of rotatable bonds is 3. The van der Waals surface area contributed by atoms with Crippen molar-refractivity contribution in [1.29, 1.82) is 0 Å². The van der Waals surface area contributed by atoms with Crippen molar-refractivity contribution in [2.75, 3.05) is 7.11 Å². The Bertz CT molecular complexity index is 418. The molecule has 0 aliphatic rings. The van der Waals surface area contributed by atoms with Gasteiger partial charge in [0.2, 0.25) is 12.4 Å². The number of hydrogen-bond acceptors (Lipinski definition) is 4. The molecule has 0 saturated heterocycles. The van der Waals surface area contributed by atoms with Crippen LogP contribution in [-0.2, 0) is 4.79 Å². The van der Waals surface area contributed by atoms with Gasteiger partial charge in [-0.15, -0.1) is 0 Å². The summed E-state index contributed by atoms with van der Waals surface area (Å²) in [5.74, 6) is -0.160. The molecule has 0 amide bonds. The summed E-state index contributed by atoms with van der Waals surface area (Å²) in [4.78, 5) is 12.7. The van der Waals surface area contributed by atoms with Crippen LogP contribution in [0.1, 0.15) is 11.9 Å². The van der Waals surface area contributed by atoms with Gasteiger partial charge in [-0.05, 0) is 6.07 Å². The lowest BCUT2D eigenvalue weighted by Gasteiger charge is -2.08. The second-order valence-electron chi connectivity index (χ2n) is 2.60. The van der Waals surface area contributed by atoms with Crippen LogP contribution in [0.2, 0.25) is 5.02 Å². The third kappa shape index (κ3) is 2.46. The number of alkyl halides is 1. The normalized spacial score (nSPS) is 11.7. The Kier molecular flexibility index (Phi) is 3.66. The highest BCUT2D eigenvalue weighted by Crippen LogP contribution is 2.36. The van der Waals surface area contributed by atoms with Gasteiger partial charge in [0.15, 0.2) is 11.5 Å². The number of isocyanates is 1. The smallest absolute Gasteiger partial charge is 0.238 e. The van der Waals surface area contributed by atoms with E-state index in [4.69, 9.17) is 16.3 Å². The van der Waals surface area contributed by atoms with Crippen LogP contribution in [0, 0.1) is 0 Å². The van der Waals surface area contributed by atoms with Gasteiger partial charge in [-0.25, -0.2) is 9.18 Å². The minimum atomic E-state index is -1.94. The third-order valence-electron chi connectivity index (χ3n) is 1.72. The van der Waals surface area contributed by atoms with Crippen molar-refractivity contribution < 1.29 is 19.0 Å². The van der Waals surface area contributed by atoms with Gasteiger partial charge in [0.05, 0.1) is 12.1 Å². The molecule has 1 aromatic carbocycles. The molecule has 0 aliphatic carbocycles. The largest absolute Gasteiger partial charge is 0.504 e. The number of ether oxygens (including phenoxy) is 1. The van der Waals surface area contributed by atoms with Gasteiger partial charge < -0.3 is 9.84 Å². The lowest BCUT2D eigenvalue weighted by molar-refractivity contribution is 0.349. The second-order valence-corrected chi connectivity index (χ2v) is 3.01. The summed E-state index contributed by atoms with van der Waals surface area (Å²) in [5.41, 5.74) is -0.113. The number of nitrogens with zero attached hydrogens (tertiary/aromatic N) is 1. The highest BCUT2D eigenvalue weighted by molar-refractivity contribution is 6.31. The van der Waals surface area contributed by atoms with Gasteiger partial charge in [0, 0.05) is 11.6 Å². The highest BCUT2D eigenvalue weighted by atomic mass is 35.5. The average molecular weight is 232 g/mol. The molecule has 0 aliphatic heterocycles. The Morgan fingerprint density at radius 1 is 1.67 bits per heavy atom. The molecule has 0 aromatic heterocycles. The zero-order valence-electron chi connectivity index (χ0n) is 7.70. The van der Waals surface area contributed by atoms with E-state index in [2.05, 4.69) is 4.99 Å². The Labute approximate surface area is 90.0 Å². The van der Waals surface area contributed by atoms with Crippen LogP contribution >= 0.6 is 11.6 Å². The number of phenolic OH excluding ortho intramolecular Hbond substituents is 1. The van der Waals surface area contributed by atoms with E-state index >= 15 is 0 Å². The maximum absolute atomic E-state index is 13.1. The summed E-state index contributed by atoms with van der Waals surface area (Å²) in [7, 11) is 1.33. The van der Waals surface area contributed by atoms with Crippen molar-refractivity contribution in [2.24, 2.45) is 4.99 Å². The first-order valence-corrected chi connectivity index (χ1v) is 4.25. The lowest BCUT2D eigenvalue weighted by atomic mass is 10.2. The van der Waals surface area contributed by atoms with E-state index in [9.17, 15) is 14.3 Å². The molecule has 0 spiro atoms. The minimum Gasteiger partial charge on any atom is -0.504 e. The predicted octanol–water partition coefficient (Wildman–Crippen LogP) is 2.36. The molecule has 0 heterocycles. The van der Waals surface area contributed by atoms with Crippen molar-refractivity contribution in [3.8, 4) is 11.5 Å². The summed E-state index contributed by atoms with van der Waals surface area (Å²) in [5, 5.41) is 9.35. The molecule has 80 valence electrons. The van der Waals surface area contributed by atoms with Crippen molar-refractivity contribution in [3.63, 3.8) is 0 Å². The van der Waals surface area contributed by atoms with Gasteiger partial charge in [0.1, 0.15) is 0 Å². The molecule has 0 saturated carbocycles. The minimum absolute atomic E-state index is 0.0103. The Balaban J connectivity index is 3.20. The van der Waals surface area contributed by atoms with Gasteiger partial charge in [-0.1, -0.05) is 11.6 Å². The molecule has 1 N–H and O–H groups in total. The van der Waals surface area contributed by atoms with Crippen LogP contribution in [0.15, 0.2) is 17.1 Å². The quantitative estimate of drug-likeness (QED) is 0.494. The van der Waals surface area contributed by atoms with Crippen LogP contribution in [0.25, 0.3) is 0 Å². The van der Waals surface area contributed by atoms with Crippen LogP contribution in [0.3, 0.4) is 0 Å². The maximum atomic E-state index is 13.1. The molecular weight excluding hydrogens is 225 g/mol. The Morgan fingerprint density at radius 2 is 2.33 bits per heavy atom. The van der Waals surface area contributed by atoms with Crippen molar-refractivity contribution in [1.82, 2.24) is 0 Å². The molecule has 1 atom stereocenters. The molecule has 15 heavy (non-hydrogen) atoms. The fraction of sp³-hybridized carbons (Fsp3) is 0.222. The van der Waals surface area contributed by atoms with E-state index in [1.807, 2.05) is 0 Å². The van der Waals surface area contributed by atoms with E-state index in [0.29, 0.717) is 0 Å². The van der Waals surface area contributed by atoms with Crippen LogP contribution in [0.5, 0.6) is 11.5 Å². The van der Waals surface area contributed by atoms with E-state index < -0.39 is 6.30 Å². The van der Waals surface area contributed by atoms with E-state index in [0.717, 1.165) is 12.1 Å². The molecule has 1 unspecified atom stereocenters. The lowest BCUT2D eigenvalue weighted by Crippen LogP contribution is -1.91. The zero-order valence-corrected chi connectivity index (χ0v) is 8.45. The molecule has 0 bridgehead atoms. The fourth-order valence-corrected chi connectivity index (χ4v) is 1.27. The number of carbonyl (C=O) groups excluding carboxylic acids is 1.